The topological polar surface area (TPSA) is 84.2 Å². The van der Waals surface area contributed by atoms with E-state index in [1.54, 1.807) is 13.0 Å². The van der Waals surface area contributed by atoms with Gasteiger partial charge in [-0.3, -0.25) is 9.78 Å². The lowest BCUT2D eigenvalue weighted by atomic mass is 10.1. The van der Waals surface area contributed by atoms with Crippen LogP contribution in [0.4, 0.5) is 18.9 Å². The van der Waals surface area contributed by atoms with Crippen LogP contribution < -0.4 is 14.8 Å². The second-order valence-corrected chi connectivity index (χ2v) is 6.95. The van der Waals surface area contributed by atoms with Crippen molar-refractivity contribution in [2.24, 2.45) is 0 Å². The number of benzene rings is 2. The monoisotopic (exact) mass is 461 g/mol. The quantitative estimate of drug-likeness (QED) is 0.504. The lowest BCUT2D eigenvalue weighted by molar-refractivity contribution is -0.137. The van der Waals surface area contributed by atoms with Gasteiger partial charge in [0.1, 0.15) is 5.75 Å². The molecule has 1 aromatic heterocycles. The van der Waals surface area contributed by atoms with E-state index in [0.717, 1.165) is 6.07 Å². The number of aryl methyl sites for hydroxylation is 1. The summed E-state index contributed by atoms with van der Waals surface area (Å²) in [6, 6.07) is 10.7. The van der Waals surface area contributed by atoms with Gasteiger partial charge in [0.2, 0.25) is 0 Å². The van der Waals surface area contributed by atoms with Crippen LogP contribution in [0, 0.1) is 18.3 Å². The van der Waals surface area contributed by atoms with E-state index in [9.17, 15) is 18.0 Å². The van der Waals surface area contributed by atoms with E-state index in [4.69, 9.17) is 26.3 Å². The van der Waals surface area contributed by atoms with Crippen LogP contribution in [0.25, 0.3) is 0 Å². The highest BCUT2D eigenvalue weighted by molar-refractivity contribution is 6.32. The summed E-state index contributed by atoms with van der Waals surface area (Å²) in [5.41, 5.74) is -0.123. The van der Waals surface area contributed by atoms with E-state index >= 15 is 0 Å². The number of nitrogens with zero attached hydrogens (tertiary/aromatic N) is 2. The van der Waals surface area contributed by atoms with Crippen molar-refractivity contribution < 1.29 is 27.4 Å². The highest BCUT2D eigenvalue weighted by Crippen LogP contribution is 2.41. The van der Waals surface area contributed by atoms with Crippen LogP contribution in [-0.4, -0.2) is 18.0 Å². The van der Waals surface area contributed by atoms with Crippen molar-refractivity contribution in [3.8, 4) is 23.3 Å². The number of amides is 1. The van der Waals surface area contributed by atoms with Crippen LogP contribution in [0.3, 0.4) is 0 Å². The standard InChI is InChI=1S/C22H15ClF3N3O3/c1-12-7-14(5-6-28-12)29-21(30)15-9-17(23)16(22(24,25)26)10-19(15)32-18-4-3-13(11-27)8-20(18)31-2/h3-10H,1-2H3,(H,28,29,30). The molecule has 0 aliphatic heterocycles. The van der Waals surface area contributed by atoms with E-state index in [1.807, 2.05) is 6.07 Å². The fourth-order valence-electron chi connectivity index (χ4n) is 2.79. The lowest BCUT2D eigenvalue weighted by Crippen LogP contribution is -2.15. The minimum absolute atomic E-state index is 0.00996. The third-order valence-electron chi connectivity index (χ3n) is 4.29. The fraction of sp³-hybridized carbons (Fsp3) is 0.136. The Bertz CT molecular complexity index is 1220. The van der Waals surface area contributed by atoms with E-state index in [-0.39, 0.29) is 22.6 Å². The minimum Gasteiger partial charge on any atom is -0.493 e. The van der Waals surface area contributed by atoms with Gasteiger partial charge >= 0.3 is 6.18 Å². The number of rotatable bonds is 5. The number of pyridine rings is 1. The summed E-state index contributed by atoms with van der Waals surface area (Å²) in [7, 11) is 1.31. The van der Waals surface area contributed by atoms with Gasteiger partial charge in [-0.15, -0.1) is 0 Å². The average molecular weight is 462 g/mol. The first-order chi connectivity index (χ1) is 15.1. The number of alkyl halides is 3. The highest BCUT2D eigenvalue weighted by atomic mass is 35.5. The number of nitriles is 1. The SMILES string of the molecule is COc1cc(C#N)ccc1Oc1cc(C(F)(F)F)c(Cl)cc1C(=O)Nc1ccnc(C)c1. The molecule has 0 atom stereocenters. The Kier molecular flexibility index (Phi) is 6.55. The summed E-state index contributed by atoms with van der Waals surface area (Å²) in [5.74, 6) is -1.03. The van der Waals surface area contributed by atoms with Crippen molar-refractivity contribution in [2.45, 2.75) is 13.1 Å². The normalized spacial score (nSPS) is 10.9. The number of carbonyl (C=O) groups is 1. The van der Waals surface area contributed by atoms with Crippen molar-refractivity contribution in [2.75, 3.05) is 12.4 Å². The number of methoxy groups -OCH3 is 1. The van der Waals surface area contributed by atoms with Gasteiger partial charge in [0.25, 0.3) is 5.91 Å². The molecule has 1 heterocycles. The van der Waals surface area contributed by atoms with Crippen LogP contribution in [0.2, 0.25) is 5.02 Å². The number of anilines is 1. The van der Waals surface area contributed by atoms with E-state index in [1.165, 1.54) is 37.6 Å². The van der Waals surface area contributed by atoms with Crippen molar-refractivity contribution >= 4 is 23.2 Å². The molecule has 0 fully saturated rings. The zero-order chi connectivity index (χ0) is 23.5. The van der Waals surface area contributed by atoms with Gasteiger partial charge in [-0.1, -0.05) is 11.6 Å². The summed E-state index contributed by atoms with van der Waals surface area (Å²) < 4.78 is 51.1. The van der Waals surface area contributed by atoms with Gasteiger partial charge in [0, 0.05) is 23.6 Å². The molecule has 164 valence electrons. The molecule has 32 heavy (non-hydrogen) atoms. The fourth-order valence-corrected chi connectivity index (χ4v) is 3.06. The summed E-state index contributed by atoms with van der Waals surface area (Å²) >= 11 is 5.83. The Balaban J connectivity index is 2.08. The Morgan fingerprint density at radius 3 is 2.50 bits per heavy atom. The molecular formula is C22H15ClF3N3O3. The Morgan fingerprint density at radius 2 is 1.88 bits per heavy atom. The second-order valence-electron chi connectivity index (χ2n) is 6.55. The summed E-state index contributed by atoms with van der Waals surface area (Å²) in [5, 5.41) is 11.0. The first-order valence-corrected chi connectivity index (χ1v) is 9.41. The first kappa shape index (κ1) is 22.9. The Hall–Kier alpha value is -3.77. The molecule has 1 N–H and O–H groups in total. The number of carbonyl (C=O) groups excluding carboxylic acids is 1. The molecule has 1 amide bonds. The maximum atomic E-state index is 13.4. The molecule has 0 aliphatic carbocycles. The minimum atomic E-state index is -4.78. The molecule has 0 aliphatic rings. The maximum Gasteiger partial charge on any atom is 0.417 e. The average Bonchev–Trinajstić information content (AvgIpc) is 2.74. The van der Waals surface area contributed by atoms with Crippen molar-refractivity contribution in [3.05, 3.63) is 76.1 Å². The number of aromatic nitrogens is 1. The second kappa shape index (κ2) is 9.16. The van der Waals surface area contributed by atoms with Gasteiger partial charge in [0.15, 0.2) is 11.5 Å². The third kappa shape index (κ3) is 5.10. The largest absolute Gasteiger partial charge is 0.493 e. The molecule has 0 saturated heterocycles. The molecule has 0 saturated carbocycles. The zero-order valence-corrected chi connectivity index (χ0v) is 17.5. The van der Waals surface area contributed by atoms with Crippen molar-refractivity contribution in [1.29, 1.82) is 5.26 Å². The third-order valence-corrected chi connectivity index (χ3v) is 4.60. The van der Waals surface area contributed by atoms with Gasteiger partial charge in [0.05, 0.1) is 34.9 Å². The van der Waals surface area contributed by atoms with Gasteiger partial charge in [-0.25, -0.2) is 0 Å². The van der Waals surface area contributed by atoms with Crippen molar-refractivity contribution in [1.82, 2.24) is 4.98 Å². The van der Waals surface area contributed by atoms with Gasteiger partial charge in [-0.2, -0.15) is 18.4 Å². The first-order valence-electron chi connectivity index (χ1n) is 9.03. The molecule has 3 rings (SSSR count). The summed E-state index contributed by atoms with van der Waals surface area (Å²) in [4.78, 5) is 16.9. The molecule has 6 nitrogen and oxygen atoms in total. The molecule has 0 bridgehead atoms. The molecular weight excluding hydrogens is 447 g/mol. The van der Waals surface area contributed by atoms with Crippen LogP contribution in [0.1, 0.15) is 27.2 Å². The summed E-state index contributed by atoms with van der Waals surface area (Å²) in [6.07, 6.45) is -3.30. The molecule has 0 spiro atoms. The van der Waals surface area contributed by atoms with E-state index < -0.39 is 28.4 Å². The van der Waals surface area contributed by atoms with E-state index in [2.05, 4.69) is 10.3 Å². The lowest BCUT2D eigenvalue weighted by Gasteiger charge is -2.17. The number of halogens is 4. The predicted molar refractivity (Wildman–Crippen MR) is 111 cm³/mol. The molecule has 10 heteroatoms. The van der Waals surface area contributed by atoms with Gasteiger partial charge < -0.3 is 14.8 Å². The predicted octanol–water partition coefficient (Wildman–Crippen LogP) is 5.99. The smallest absolute Gasteiger partial charge is 0.417 e. The molecule has 0 unspecified atom stereocenters. The van der Waals surface area contributed by atoms with Crippen LogP contribution in [0.5, 0.6) is 17.2 Å². The number of hydrogen-bond acceptors (Lipinski definition) is 5. The van der Waals surface area contributed by atoms with Gasteiger partial charge in [-0.05, 0) is 43.3 Å². The maximum absolute atomic E-state index is 13.4. The van der Waals surface area contributed by atoms with Crippen LogP contribution in [0.15, 0.2) is 48.7 Å². The highest BCUT2D eigenvalue weighted by Gasteiger charge is 2.35. The number of nitrogens with one attached hydrogen (secondary N) is 1. The van der Waals surface area contributed by atoms with Crippen LogP contribution in [-0.2, 0) is 6.18 Å². The zero-order valence-electron chi connectivity index (χ0n) is 16.7. The molecule has 0 radical (unpaired) electrons. The molecule has 2 aromatic carbocycles. The Morgan fingerprint density at radius 1 is 1.12 bits per heavy atom. The molecule has 3 aromatic rings. The Labute approximate surface area is 186 Å². The van der Waals surface area contributed by atoms with Crippen LogP contribution >= 0.6 is 11.6 Å². The van der Waals surface area contributed by atoms with Crippen molar-refractivity contribution in [3.63, 3.8) is 0 Å². The summed E-state index contributed by atoms with van der Waals surface area (Å²) in [6.45, 7) is 1.72. The number of ether oxygens (including phenoxy) is 2. The number of hydrogen-bond donors (Lipinski definition) is 1. The van der Waals surface area contributed by atoms with E-state index in [0.29, 0.717) is 17.4 Å².